The Kier molecular flexibility index (Phi) is 3.57. The van der Waals surface area contributed by atoms with Gasteiger partial charge in [-0.05, 0) is 0 Å². The van der Waals surface area contributed by atoms with Crippen LogP contribution in [0.2, 0.25) is 0 Å². The molecule has 1 N–H and O–H groups in total. The van der Waals surface area contributed by atoms with Gasteiger partial charge in [0.25, 0.3) is 0 Å². The minimum absolute atomic E-state index is 0.175. The minimum Gasteiger partial charge on any atom is -0.360 e. The van der Waals surface area contributed by atoms with Crippen molar-refractivity contribution in [3.63, 3.8) is 0 Å². The third-order valence-electron chi connectivity index (χ3n) is 1.78. The van der Waals surface area contributed by atoms with Crippen molar-refractivity contribution in [2.45, 2.75) is 12.6 Å². The second-order valence-electron chi connectivity index (χ2n) is 3.02. The Hall–Kier alpha value is -1.22. The fraction of sp³-hybridized carbons (Fsp3) is 0.375. The maximum absolute atomic E-state index is 12.2. The van der Waals surface area contributed by atoms with Crippen LogP contribution in [0.25, 0.3) is 0 Å². The van der Waals surface area contributed by atoms with Crippen molar-refractivity contribution in [1.29, 1.82) is 0 Å². The third kappa shape index (κ3) is 3.37. The van der Waals surface area contributed by atoms with Crippen molar-refractivity contribution < 1.29 is 13.2 Å². The Labute approximate surface area is 103 Å². The number of alkyl halides is 3. The molecule has 0 aromatic carbocycles. The number of anilines is 1. The summed E-state index contributed by atoms with van der Waals surface area (Å²) in [6.07, 6.45) is -2.14. The molecule has 2 heterocycles. The summed E-state index contributed by atoms with van der Waals surface area (Å²) >= 11 is 2.21. The van der Waals surface area contributed by atoms with Crippen LogP contribution in [0.4, 0.5) is 18.3 Å². The van der Waals surface area contributed by atoms with Crippen LogP contribution < -0.4 is 5.32 Å². The predicted molar refractivity (Wildman–Crippen MR) is 59.2 cm³/mol. The minimum atomic E-state index is -4.48. The standard InChI is InChI=1S/C8H7F3N4S2/c9-8(10,11)6-14-7(17-15-6)13-2-1-5-12-3-4-16-5/h3-4H,1-2H2,(H,13,14,15). The van der Waals surface area contributed by atoms with E-state index in [0.29, 0.717) is 24.5 Å². The Morgan fingerprint density at radius 3 is 2.76 bits per heavy atom. The molecule has 0 amide bonds. The zero-order valence-electron chi connectivity index (χ0n) is 8.36. The van der Waals surface area contributed by atoms with Gasteiger partial charge in [0.15, 0.2) is 0 Å². The maximum Gasteiger partial charge on any atom is 0.452 e. The van der Waals surface area contributed by atoms with Gasteiger partial charge in [0.1, 0.15) is 0 Å². The number of nitrogens with zero attached hydrogens (tertiary/aromatic N) is 3. The molecule has 0 aliphatic carbocycles. The molecule has 0 bridgehead atoms. The molecular weight excluding hydrogens is 273 g/mol. The smallest absolute Gasteiger partial charge is 0.360 e. The van der Waals surface area contributed by atoms with Crippen molar-refractivity contribution in [2.75, 3.05) is 11.9 Å². The fourth-order valence-electron chi connectivity index (χ4n) is 1.06. The van der Waals surface area contributed by atoms with Gasteiger partial charge in [-0.2, -0.15) is 22.5 Å². The topological polar surface area (TPSA) is 50.7 Å². The van der Waals surface area contributed by atoms with E-state index in [1.165, 1.54) is 11.3 Å². The first-order valence-electron chi connectivity index (χ1n) is 4.59. The van der Waals surface area contributed by atoms with Gasteiger partial charge in [-0.3, -0.25) is 0 Å². The zero-order chi connectivity index (χ0) is 12.3. The van der Waals surface area contributed by atoms with Crippen LogP contribution in [0.1, 0.15) is 10.8 Å². The van der Waals surface area contributed by atoms with Gasteiger partial charge in [0.2, 0.25) is 11.0 Å². The molecule has 2 rings (SSSR count). The van der Waals surface area contributed by atoms with E-state index in [2.05, 4.69) is 19.7 Å². The molecule has 17 heavy (non-hydrogen) atoms. The van der Waals surface area contributed by atoms with Crippen LogP contribution in [0.3, 0.4) is 0 Å². The van der Waals surface area contributed by atoms with E-state index in [1.54, 1.807) is 6.20 Å². The number of rotatable bonds is 4. The third-order valence-corrected chi connectivity index (χ3v) is 3.29. The number of nitrogens with one attached hydrogen (secondary N) is 1. The van der Waals surface area contributed by atoms with Gasteiger partial charge in [-0.15, -0.1) is 11.3 Å². The van der Waals surface area contributed by atoms with E-state index in [4.69, 9.17) is 0 Å². The van der Waals surface area contributed by atoms with E-state index >= 15 is 0 Å². The van der Waals surface area contributed by atoms with Gasteiger partial charge >= 0.3 is 6.18 Å². The first-order valence-corrected chi connectivity index (χ1v) is 6.24. The average Bonchev–Trinajstić information content (AvgIpc) is 2.86. The lowest BCUT2D eigenvalue weighted by atomic mass is 10.4. The predicted octanol–water partition coefficient (Wildman–Crippen LogP) is 2.67. The van der Waals surface area contributed by atoms with Crippen molar-refractivity contribution >= 4 is 28.0 Å². The van der Waals surface area contributed by atoms with Crippen LogP contribution in [-0.4, -0.2) is 20.9 Å². The largest absolute Gasteiger partial charge is 0.452 e. The summed E-state index contributed by atoms with van der Waals surface area (Å²) < 4.78 is 39.8. The van der Waals surface area contributed by atoms with Gasteiger partial charge in [0.05, 0.1) is 5.01 Å². The van der Waals surface area contributed by atoms with E-state index in [0.717, 1.165) is 5.01 Å². The number of aromatic nitrogens is 3. The molecular formula is C8H7F3N4S2. The van der Waals surface area contributed by atoms with Crippen LogP contribution in [0.5, 0.6) is 0 Å². The summed E-state index contributed by atoms with van der Waals surface area (Å²) in [5, 5.41) is 5.74. The Bertz CT molecular complexity index is 465. The van der Waals surface area contributed by atoms with Crippen LogP contribution in [0.15, 0.2) is 11.6 Å². The number of halogens is 3. The van der Waals surface area contributed by atoms with Crippen molar-refractivity contribution in [3.05, 3.63) is 22.4 Å². The fourth-order valence-corrected chi connectivity index (χ4v) is 2.29. The number of hydrogen-bond acceptors (Lipinski definition) is 6. The lowest BCUT2D eigenvalue weighted by molar-refractivity contribution is -0.144. The highest BCUT2D eigenvalue weighted by Gasteiger charge is 2.36. The Morgan fingerprint density at radius 2 is 2.18 bits per heavy atom. The summed E-state index contributed by atoms with van der Waals surface area (Å²) in [5.74, 6) is -1.10. The van der Waals surface area contributed by atoms with Gasteiger partial charge in [0, 0.05) is 36.1 Å². The van der Waals surface area contributed by atoms with Crippen LogP contribution in [0, 0.1) is 0 Å². The highest BCUT2D eigenvalue weighted by Crippen LogP contribution is 2.28. The van der Waals surface area contributed by atoms with E-state index < -0.39 is 12.0 Å². The molecule has 0 saturated carbocycles. The molecule has 0 spiro atoms. The lowest BCUT2D eigenvalue weighted by Crippen LogP contribution is -2.08. The molecule has 0 radical (unpaired) electrons. The van der Waals surface area contributed by atoms with Crippen molar-refractivity contribution in [1.82, 2.24) is 14.3 Å². The molecule has 9 heteroatoms. The van der Waals surface area contributed by atoms with E-state index in [1.807, 2.05) is 5.38 Å². The first-order chi connectivity index (χ1) is 8.05. The molecule has 0 atom stereocenters. The summed E-state index contributed by atoms with van der Waals surface area (Å²) in [6, 6.07) is 0. The SMILES string of the molecule is FC(F)(F)c1nsc(NCCc2nccs2)n1. The molecule has 0 fully saturated rings. The Balaban J connectivity index is 1.85. The lowest BCUT2D eigenvalue weighted by Gasteiger charge is -2.00. The molecule has 0 aliphatic rings. The normalized spacial score (nSPS) is 11.7. The highest BCUT2D eigenvalue weighted by molar-refractivity contribution is 7.09. The number of thiazole rings is 1. The first kappa shape index (κ1) is 12.2. The van der Waals surface area contributed by atoms with Crippen molar-refractivity contribution in [2.24, 2.45) is 0 Å². The van der Waals surface area contributed by atoms with Crippen LogP contribution in [-0.2, 0) is 12.6 Å². The summed E-state index contributed by atoms with van der Waals surface area (Å²) in [4.78, 5) is 7.41. The van der Waals surface area contributed by atoms with E-state index in [-0.39, 0.29) is 5.13 Å². The monoisotopic (exact) mass is 280 g/mol. The molecule has 0 unspecified atom stereocenters. The quantitative estimate of drug-likeness (QED) is 0.935. The Morgan fingerprint density at radius 1 is 1.35 bits per heavy atom. The van der Waals surface area contributed by atoms with Gasteiger partial charge < -0.3 is 5.32 Å². The second kappa shape index (κ2) is 4.96. The number of hydrogen-bond donors (Lipinski definition) is 1. The maximum atomic E-state index is 12.2. The summed E-state index contributed by atoms with van der Waals surface area (Å²) in [6.45, 7) is 0.486. The van der Waals surface area contributed by atoms with Gasteiger partial charge in [-0.1, -0.05) is 0 Å². The molecule has 0 saturated heterocycles. The van der Waals surface area contributed by atoms with Crippen LogP contribution >= 0.6 is 22.9 Å². The molecule has 2 aromatic rings. The van der Waals surface area contributed by atoms with Crippen molar-refractivity contribution in [3.8, 4) is 0 Å². The molecule has 4 nitrogen and oxygen atoms in total. The molecule has 0 aliphatic heterocycles. The summed E-state index contributed by atoms with van der Waals surface area (Å²) in [7, 11) is 0. The highest BCUT2D eigenvalue weighted by atomic mass is 32.1. The van der Waals surface area contributed by atoms with Gasteiger partial charge in [-0.25, -0.2) is 4.98 Å². The zero-order valence-corrected chi connectivity index (χ0v) is 9.99. The average molecular weight is 280 g/mol. The second-order valence-corrected chi connectivity index (χ2v) is 4.75. The molecule has 2 aromatic heterocycles. The summed E-state index contributed by atoms with van der Waals surface area (Å²) in [5.41, 5.74) is 0. The van der Waals surface area contributed by atoms with E-state index in [9.17, 15) is 13.2 Å². The molecule has 92 valence electrons.